The summed E-state index contributed by atoms with van der Waals surface area (Å²) in [7, 11) is 0. The maximum absolute atomic E-state index is 8.57. The molecule has 0 aromatic heterocycles. The van der Waals surface area contributed by atoms with E-state index in [2.05, 4.69) is 10.5 Å². The number of nitrogens with one attached hydrogen (secondary N) is 1. The van der Waals surface area contributed by atoms with E-state index >= 15 is 0 Å². The summed E-state index contributed by atoms with van der Waals surface area (Å²) in [6, 6.07) is 18.3. The van der Waals surface area contributed by atoms with E-state index in [1.807, 2.05) is 48.5 Å². The van der Waals surface area contributed by atoms with Crippen molar-refractivity contribution in [1.29, 1.82) is 10.5 Å². The first-order chi connectivity index (χ1) is 9.72. The summed E-state index contributed by atoms with van der Waals surface area (Å²) >= 11 is 5.95. The Morgan fingerprint density at radius 1 is 1.00 bits per heavy atom. The molecule has 0 aliphatic rings. The van der Waals surface area contributed by atoms with Crippen molar-refractivity contribution in [2.24, 2.45) is 5.10 Å². The van der Waals surface area contributed by atoms with Crippen LogP contribution in [0.15, 0.2) is 53.6 Å². The van der Waals surface area contributed by atoms with Gasteiger partial charge in [-0.25, -0.2) is 0 Å². The van der Waals surface area contributed by atoms with Gasteiger partial charge in [-0.2, -0.15) is 15.6 Å². The zero-order chi connectivity index (χ0) is 14.4. The Bertz CT molecular complexity index is 705. The average Bonchev–Trinajstić information content (AvgIpc) is 2.49. The summed E-state index contributed by atoms with van der Waals surface area (Å²) in [5.74, 6) is 0. The van der Waals surface area contributed by atoms with E-state index in [1.54, 1.807) is 12.1 Å². The molecular weight excluding hydrogens is 272 g/mol. The molecule has 0 bridgehead atoms. The van der Waals surface area contributed by atoms with Crippen molar-refractivity contribution < 1.29 is 0 Å². The summed E-state index contributed by atoms with van der Waals surface area (Å²) < 4.78 is 0. The number of anilines is 1. The molecule has 96 valence electrons. The van der Waals surface area contributed by atoms with Crippen LogP contribution in [0.5, 0.6) is 0 Å². The van der Waals surface area contributed by atoms with Crippen molar-refractivity contribution in [1.82, 2.24) is 0 Å². The second kappa shape index (κ2) is 6.38. The molecule has 0 heterocycles. The minimum absolute atomic E-state index is 0.219. The summed E-state index contributed by atoms with van der Waals surface area (Å²) in [4.78, 5) is 0. The molecule has 0 amide bonds. The third-order valence-corrected chi connectivity index (χ3v) is 2.79. The topological polar surface area (TPSA) is 72.0 Å². The molecule has 2 aromatic carbocycles. The van der Waals surface area contributed by atoms with Gasteiger partial charge in [-0.1, -0.05) is 35.9 Å². The van der Waals surface area contributed by atoms with Crippen LogP contribution in [0.2, 0.25) is 5.02 Å². The maximum atomic E-state index is 8.57. The Labute approximate surface area is 121 Å². The van der Waals surface area contributed by atoms with Crippen molar-refractivity contribution >= 4 is 23.0 Å². The van der Waals surface area contributed by atoms with Gasteiger partial charge >= 0.3 is 0 Å². The minimum Gasteiger partial charge on any atom is -0.277 e. The third kappa shape index (κ3) is 3.35. The zero-order valence-electron chi connectivity index (χ0n) is 10.3. The quantitative estimate of drug-likeness (QED) is 0.686. The van der Waals surface area contributed by atoms with Gasteiger partial charge in [0, 0.05) is 5.02 Å². The Balaban J connectivity index is 2.17. The van der Waals surface area contributed by atoms with Crippen LogP contribution in [-0.2, 0) is 0 Å². The highest BCUT2D eigenvalue weighted by Crippen LogP contribution is 2.24. The maximum Gasteiger partial charge on any atom is 0.237 e. The zero-order valence-corrected chi connectivity index (χ0v) is 11.1. The molecule has 0 saturated carbocycles. The second-order valence-electron chi connectivity index (χ2n) is 3.88. The monoisotopic (exact) mass is 280 g/mol. The van der Waals surface area contributed by atoms with E-state index < -0.39 is 0 Å². The molecule has 20 heavy (non-hydrogen) atoms. The first kappa shape index (κ1) is 13.6. The molecule has 0 spiro atoms. The van der Waals surface area contributed by atoms with Gasteiger partial charge in [0.2, 0.25) is 5.71 Å². The Kier molecular flexibility index (Phi) is 4.34. The van der Waals surface area contributed by atoms with E-state index in [0.717, 1.165) is 11.1 Å². The van der Waals surface area contributed by atoms with Crippen LogP contribution >= 0.6 is 11.6 Å². The molecule has 0 radical (unpaired) electrons. The molecule has 2 aromatic rings. The SMILES string of the molecule is N#CC(C#N)=NNc1ccc(-c2cccc(Cl)c2)cc1. The molecule has 0 unspecified atom stereocenters. The number of halogens is 1. The summed E-state index contributed by atoms with van der Waals surface area (Å²) in [5, 5.41) is 21.5. The lowest BCUT2D eigenvalue weighted by Crippen LogP contribution is -1.96. The Morgan fingerprint density at radius 2 is 1.70 bits per heavy atom. The van der Waals surface area contributed by atoms with E-state index in [1.165, 1.54) is 0 Å². The predicted octanol–water partition coefficient (Wildman–Crippen LogP) is 3.82. The van der Waals surface area contributed by atoms with Gasteiger partial charge in [-0.3, -0.25) is 5.43 Å². The van der Waals surface area contributed by atoms with Crippen molar-refractivity contribution in [2.45, 2.75) is 0 Å². The van der Waals surface area contributed by atoms with Gasteiger partial charge in [0.1, 0.15) is 12.1 Å². The molecule has 0 aliphatic heterocycles. The predicted molar refractivity (Wildman–Crippen MR) is 79.2 cm³/mol. The van der Waals surface area contributed by atoms with Gasteiger partial charge < -0.3 is 0 Å². The number of nitrogens with zero attached hydrogens (tertiary/aromatic N) is 3. The van der Waals surface area contributed by atoms with Crippen LogP contribution in [0.25, 0.3) is 11.1 Å². The van der Waals surface area contributed by atoms with Crippen molar-refractivity contribution in [2.75, 3.05) is 5.43 Å². The van der Waals surface area contributed by atoms with Crippen LogP contribution in [0.1, 0.15) is 0 Å². The van der Waals surface area contributed by atoms with Crippen molar-refractivity contribution in [3.63, 3.8) is 0 Å². The van der Waals surface area contributed by atoms with Crippen molar-refractivity contribution in [3.05, 3.63) is 53.6 Å². The lowest BCUT2D eigenvalue weighted by molar-refractivity contribution is 1.34. The molecule has 4 nitrogen and oxygen atoms in total. The summed E-state index contributed by atoms with van der Waals surface area (Å²) in [6.07, 6.45) is 0. The van der Waals surface area contributed by atoms with E-state index in [-0.39, 0.29) is 5.71 Å². The summed E-state index contributed by atoms with van der Waals surface area (Å²) in [6.45, 7) is 0. The smallest absolute Gasteiger partial charge is 0.237 e. The van der Waals surface area contributed by atoms with Gasteiger partial charge in [-0.05, 0) is 35.4 Å². The third-order valence-electron chi connectivity index (χ3n) is 2.55. The minimum atomic E-state index is -0.219. The standard InChI is InChI=1S/C15H9ClN4/c16-13-3-1-2-12(8-13)11-4-6-14(7-5-11)19-20-15(9-17)10-18/h1-8,19H. The number of hydrogen-bond acceptors (Lipinski definition) is 4. The summed E-state index contributed by atoms with van der Waals surface area (Å²) in [5.41, 5.74) is 5.16. The molecule has 0 fully saturated rings. The average molecular weight is 281 g/mol. The Hall–Kier alpha value is -2.82. The number of benzene rings is 2. The van der Waals surface area contributed by atoms with E-state index in [4.69, 9.17) is 22.1 Å². The van der Waals surface area contributed by atoms with E-state index in [9.17, 15) is 0 Å². The lowest BCUT2D eigenvalue weighted by atomic mass is 10.1. The van der Waals surface area contributed by atoms with E-state index in [0.29, 0.717) is 10.7 Å². The fraction of sp³-hybridized carbons (Fsp3) is 0. The fourth-order valence-corrected chi connectivity index (χ4v) is 1.79. The highest BCUT2D eigenvalue weighted by molar-refractivity contribution is 6.30. The first-order valence-corrected chi connectivity index (χ1v) is 6.10. The highest BCUT2D eigenvalue weighted by atomic mass is 35.5. The number of nitriles is 2. The second-order valence-corrected chi connectivity index (χ2v) is 4.32. The lowest BCUT2D eigenvalue weighted by Gasteiger charge is -2.04. The van der Waals surface area contributed by atoms with Gasteiger partial charge in [0.15, 0.2) is 0 Å². The highest BCUT2D eigenvalue weighted by Gasteiger charge is 1.99. The van der Waals surface area contributed by atoms with Crippen LogP contribution in [0.3, 0.4) is 0 Å². The largest absolute Gasteiger partial charge is 0.277 e. The molecule has 1 N–H and O–H groups in total. The normalized spacial score (nSPS) is 9.15. The van der Waals surface area contributed by atoms with Crippen LogP contribution in [0, 0.1) is 22.7 Å². The fourth-order valence-electron chi connectivity index (χ4n) is 1.60. The molecular formula is C15H9ClN4. The first-order valence-electron chi connectivity index (χ1n) is 5.73. The van der Waals surface area contributed by atoms with Gasteiger partial charge in [0.25, 0.3) is 0 Å². The van der Waals surface area contributed by atoms with Gasteiger partial charge in [0.05, 0.1) is 5.69 Å². The van der Waals surface area contributed by atoms with Crippen LogP contribution in [-0.4, -0.2) is 5.71 Å². The number of rotatable bonds is 3. The molecule has 0 atom stereocenters. The van der Waals surface area contributed by atoms with Crippen LogP contribution < -0.4 is 5.43 Å². The molecule has 5 heteroatoms. The Morgan fingerprint density at radius 3 is 2.30 bits per heavy atom. The number of hydrogen-bond donors (Lipinski definition) is 1. The van der Waals surface area contributed by atoms with Crippen LogP contribution in [0.4, 0.5) is 5.69 Å². The molecule has 0 saturated heterocycles. The van der Waals surface area contributed by atoms with Crippen molar-refractivity contribution in [3.8, 4) is 23.3 Å². The van der Waals surface area contributed by atoms with Gasteiger partial charge in [-0.15, -0.1) is 0 Å². The molecule has 2 rings (SSSR count). The molecule has 0 aliphatic carbocycles. The number of hydrazone groups is 1.